The zero-order chi connectivity index (χ0) is 12.3. The second-order valence-electron chi connectivity index (χ2n) is 4.01. The van der Waals surface area contributed by atoms with E-state index < -0.39 is 0 Å². The van der Waals surface area contributed by atoms with Gasteiger partial charge in [0, 0.05) is 34.7 Å². The Morgan fingerprint density at radius 1 is 1.12 bits per heavy atom. The molecule has 0 spiro atoms. The van der Waals surface area contributed by atoms with Gasteiger partial charge in [-0.1, -0.05) is 15.9 Å². The predicted molar refractivity (Wildman–Crippen MR) is 73.0 cm³/mol. The van der Waals surface area contributed by atoms with E-state index in [4.69, 9.17) is 0 Å². The molecule has 0 aliphatic rings. The lowest BCUT2D eigenvalue weighted by atomic mass is 10.1. The van der Waals surface area contributed by atoms with Crippen LogP contribution < -0.4 is 5.32 Å². The molecule has 0 aliphatic carbocycles. The first kappa shape index (κ1) is 12.0. The highest BCUT2D eigenvalue weighted by atomic mass is 79.9. The third kappa shape index (κ3) is 3.03. The van der Waals surface area contributed by atoms with E-state index in [2.05, 4.69) is 57.2 Å². The summed E-state index contributed by atoms with van der Waals surface area (Å²) in [5.41, 5.74) is 4.72. The first-order valence-corrected chi connectivity index (χ1v) is 6.20. The molecule has 2 aromatic rings. The van der Waals surface area contributed by atoms with Gasteiger partial charge >= 0.3 is 0 Å². The standard InChI is InChI=1S/C13H14BrN3/c1-9-3-12(14)4-10(2)13(9)17-7-11-5-15-8-16-6-11/h3-6,8,17H,7H2,1-2H3. The third-order valence-corrected chi connectivity index (χ3v) is 3.04. The summed E-state index contributed by atoms with van der Waals surface area (Å²) >= 11 is 3.50. The maximum atomic E-state index is 4.00. The Morgan fingerprint density at radius 2 is 1.71 bits per heavy atom. The molecule has 88 valence electrons. The molecule has 4 heteroatoms. The van der Waals surface area contributed by atoms with Crippen molar-refractivity contribution in [3.8, 4) is 0 Å². The fraction of sp³-hybridized carbons (Fsp3) is 0.231. The number of benzene rings is 1. The van der Waals surface area contributed by atoms with Gasteiger partial charge in [0.15, 0.2) is 0 Å². The molecule has 2 rings (SSSR count). The number of rotatable bonds is 3. The summed E-state index contributed by atoms with van der Waals surface area (Å²) in [6.07, 6.45) is 5.19. The number of hydrogen-bond acceptors (Lipinski definition) is 3. The van der Waals surface area contributed by atoms with Gasteiger partial charge in [0.2, 0.25) is 0 Å². The second kappa shape index (κ2) is 5.27. The summed E-state index contributed by atoms with van der Waals surface area (Å²) in [7, 11) is 0. The summed E-state index contributed by atoms with van der Waals surface area (Å²) < 4.78 is 1.11. The molecule has 0 bridgehead atoms. The minimum Gasteiger partial charge on any atom is -0.380 e. The van der Waals surface area contributed by atoms with Gasteiger partial charge in [-0.3, -0.25) is 0 Å². The SMILES string of the molecule is Cc1cc(Br)cc(C)c1NCc1cncnc1. The van der Waals surface area contributed by atoms with E-state index in [-0.39, 0.29) is 0 Å². The Kier molecular flexibility index (Phi) is 3.74. The molecule has 0 saturated heterocycles. The second-order valence-corrected chi connectivity index (χ2v) is 4.93. The van der Waals surface area contributed by atoms with Crippen molar-refractivity contribution in [2.24, 2.45) is 0 Å². The van der Waals surface area contributed by atoms with Gasteiger partial charge in [-0.25, -0.2) is 9.97 Å². The quantitative estimate of drug-likeness (QED) is 0.941. The molecule has 0 amide bonds. The number of nitrogens with one attached hydrogen (secondary N) is 1. The van der Waals surface area contributed by atoms with Crippen molar-refractivity contribution in [2.45, 2.75) is 20.4 Å². The van der Waals surface area contributed by atoms with Crippen LogP contribution in [0.2, 0.25) is 0 Å². The monoisotopic (exact) mass is 291 g/mol. The number of halogens is 1. The summed E-state index contributed by atoms with van der Waals surface area (Å²) in [6.45, 7) is 4.94. The highest BCUT2D eigenvalue weighted by Crippen LogP contribution is 2.25. The van der Waals surface area contributed by atoms with Crippen LogP contribution in [0.15, 0.2) is 35.3 Å². The van der Waals surface area contributed by atoms with Crippen LogP contribution in [-0.4, -0.2) is 9.97 Å². The molecule has 0 fully saturated rings. The smallest absolute Gasteiger partial charge is 0.115 e. The zero-order valence-electron chi connectivity index (χ0n) is 9.87. The van der Waals surface area contributed by atoms with Crippen molar-refractivity contribution >= 4 is 21.6 Å². The number of anilines is 1. The zero-order valence-corrected chi connectivity index (χ0v) is 11.5. The molecular formula is C13H14BrN3. The Morgan fingerprint density at radius 3 is 2.29 bits per heavy atom. The summed E-state index contributed by atoms with van der Waals surface area (Å²) in [6, 6.07) is 4.22. The molecule has 1 aromatic carbocycles. The normalized spacial score (nSPS) is 10.3. The average molecular weight is 292 g/mol. The Bertz CT molecular complexity index is 488. The maximum absolute atomic E-state index is 4.00. The van der Waals surface area contributed by atoms with Crippen LogP contribution >= 0.6 is 15.9 Å². The summed E-state index contributed by atoms with van der Waals surface area (Å²) in [5, 5.41) is 3.42. The summed E-state index contributed by atoms with van der Waals surface area (Å²) in [5.74, 6) is 0. The van der Waals surface area contributed by atoms with Gasteiger partial charge in [-0.15, -0.1) is 0 Å². The molecule has 1 heterocycles. The molecule has 0 aliphatic heterocycles. The summed E-state index contributed by atoms with van der Waals surface area (Å²) in [4.78, 5) is 7.99. The van der Waals surface area contributed by atoms with E-state index in [1.54, 1.807) is 6.33 Å². The van der Waals surface area contributed by atoms with E-state index in [1.165, 1.54) is 16.8 Å². The van der Waals surface area contributed by atoms with E-state index in [0.29, 0.717) is 0 Å². The number of aryl methyl sites for hydroxylation is 2. The minimum atomic E-state index is 0.740. The molecule has 0 radical (unpaired) electrons. The van der Waals surface area contributed by atoms with E-state index in [0.717, 1.165) is 16.6 Å². The fourth-order valence-electron chi connectivity index (χ4n) is 1.80. The van der Waals surface area contributed by atoms with Crippen molar-refractivity contribution in [2.75, 3.05) is 5.32 Å². The Hall–Kier alpha value is -1.42. The van der Waals surface area contributed by atoms with Crippen molar-refractivity contribution in [3.63, 3.8) is 0 Å². The van der Waals surface area contributed by atoms with Crippen LogP contribution in [-0.2, 0) is 6.54 Å². The van der Waals surface area contributed by atoms with Gasteiger partial charge in [0.05, 0.1) is 0 Å². The first-order valence-electron chi connectivity index (χ1n) is 5.41. The molecule has 3 nitrogen and oxygen atoms in total. The molecule has 17 heavy (non-hydrogen) atoms. The lowest BCUT2D eigenvalue weighted by Crippen LogP contribution is -2.03. The highest BCUT2D eigenvalue weighted by molar-refractivity contribution is 9.10. The topological polar surface area (TPSA) is 37.8 Å². The number of aromatic nitrogens is 2. The minimum absolute atomic E-state index is 0.740. The Labute approximate surface area is 109 Å². The van der Waals surface area contributed by atoms with Crippen molar-refractivity contribution in [3.05, 3.63) is 52.0 Å². The largest absolute Gasteiger partial charge is 0.380 e. The average Bonchev–Trinajstić information content (AvgIpc) is 2.29. The van der Waals surface area contributed by atoms with E-state index in [1.807, 2.05) is 12.4 Å². The molecule has 0 unspecified atom stereocenters. The van der Waals surface area contributed by atoms with Gasteiger partial charge in [-0.05, 0) is 37.1 Å². The van der Waals surface area contributed by atoms with Crippen LogP contribution in [0.5, 0.6) is 0 Å². The van der Waals surface area contributed by atoms with E-state index in [9.17, 15) is 0 Å². The van der Waals surface area contributed by atoms with Gasteiger partial charge < -0.3 is 5.32 Å². The molecule has 1 N–H and O–H groups in total. The van der Waals surface area contributed by atoms with Crippen molar-refractivity contribution in [1.82, 2.24) is 9.97 Å². The van der Waals surface area contributed by atoms with Crippen LogP contribution in [0, 0.1) is 13.8 Å². The maximum Gasteiger partial charge on any atom is 0.115 e. The van der Waals surface area contributed by atoms with Gasteiger partial charge in [0.1, 0.15) is 6.33 Å². The molecular weight excluding hydrogens is 278 g/mol. The highest BCUT2D eigenvalue weighted by Gasteiger charge is 2.03. The van der Waals surface area contributed by atoms with Crippen LogP contribution in [0.25, 0.3) is 0 Å². The van der Waals surface area contributed by atoms with Crippen LogP contribution in [0.1, 0.15) is 16.7 Å². The predicted octanol–water partition coefficient (Wildman–Crippen LogP) is 3.47. The Balaban J connectivity index is 2.15. The molecule has 0 saturated carbocycles. The van der Waals surface area contributed by atoms with Gasteiger partial charge in [-0.2, -0.15) is 0 Å². The third-order valence-electron chi connectivity index (χ3n) is 2.58. The number of nitrogens with zero attached hydrogens (tertiary/aromatic N) is 2. The molecule has 0 atom stereocenters. The van der Waals surface area contributed by atoms with Crippen LogP contribution in [0.4, 0.5) is 5.69 Å². The lowest BCUT2D eigenvalue weighted by Gasteiger charge is -2.13. The lowest BCUT2D eigenvalue weighted by molar-refractivity contribution is 1.04. The molecule has 1 aromatic heterocycles. The van der Waals surface area contributed by atoms with Gasteiger partial charge in [0.25, 0.3) is 0 Å². The van der Waals surface area contributed by atoms with Crippen molar-refractivity contribution in [1.29, 1.82) is 0 Å². The van der Waals surface area contributed by atoms with Crippen molar-refractivity contribution < 1.29 is 0 Å². The number of hydrogen-bond donors (Lipinski definition) is 1. The van der Waals surface area contributed by atoms with Crippen LogP contribution in [0.3, 0.4) is 0 Å². The fourth-order valence-corrected chi connectivity index (χ4v) is 2.49. The first-order chi connectivity index (χ1) is 8.16. The van der Waals surface area contributed by atoms with E-state index >= 15 is 0 Å².